The fourth-order valence-corrected chi connectivity index (χ4v) is 0.530. The van der Waals surface area contributed by atoms with E-state index in [0.29, 0.717) is 0 Å². The molecule has 0 rings (SSSR count). The van der Waals surface area contributed by atoms with E-state index < -0.39 is 0 Å². The largest absolute Gasteiger partial charge is 0.394 e. The lowest BCUT2D eigenvalue weighted by atomic mass is 10.3. The predicted molar refractivity (Wildman–Crippen MR) is 45.6 cm³/mol. The molecule has 1 N–H and O–H groups in total. The molecule has 2 nitrogen and oxygen atoms in total. The first kappa shape index (κ1) is 9.21. The van der Waals surface area contributed by atoms with E-state index in [-0.39, 0.29) is 0 Å². The lowest BCUT2D eigenvalue weighted by Crippen LogP contribution is -2.08. The third-order valence-corrected chi connectivity index (χ3v) is 1.46. The molecule has 10 heavy (non-hydrogen) atoms. The molecule has 0 bridgehead atoms. The van der Waals surface area contributed by atoms with Gasteiger partial charge in [0.25, 0.3) is 0 Å². The summed E-state index contributed by atoms with van der Waals surface area (Å²) >= 11 is 0. The van der Waals surface area contributed by atoms with Crippen molar-refractivity contribution >= 4 is 5.71 Å². The number of nitrogens with one attached hydrogen (secondary N) is 1. The molecule has 0 aromatic carbocycles. The molecule has 58 valence electrons. The highest BCUT2D eigenvalue weighted by atomic mass is 14.9. The zero-order chi connectivity index (χ0) is 7.98. The molecule has 0 fully saturated rings. The summed E-state index contributed by atoms with van der Waals surface area (Å²) in [5.41, 5.74) is 1.37. The summed E-state index contributed by atoms with van der Waals surface area (Å²) in [5.74, 6) is 0. The Bertz CT molecular complexity index is 141. The Kier molecular flexibility index (Phi) is 4.63. The van der Waals surface area contributed by atoms with Crippen LogP contribution in [0.15, 0.2) is 12.3 Å². The van der Waals surface area contributed by atoms with Gasteiger partial charge < -0.3 is 5.32 Å². The molecular formula is C8H17N2+. The number of hydrogen-bond acceptors (Lipinski definition) is 1. The van der Waals surface area contributed by atoms with Gasteiger partial charge in [0, 0.05) is 20.4 Å². The summed E-state index contributed by atoms with van der Waals surface area (Å²) in [7, 11) is 6.02. The van der Waals surface area contributed by atoms with Gasteiger partial charge in [-0.1, -0.05) is 6.08 Å². The van der Waals surface area contributed by atoms with E-state index in [4.69, 9.17) is 0 Å². The SMILES string of the molecule is CN/C=C\CC(C)=[N+](C)C. The van der Waals surface area contributed by atoms with Crippen LogP contribution in [-0.2, 0) is 0 Å². The van der Waals surface area contributed by atoms with E-state index in [0.717, 1.165) is 6.42 Å². The molecule has 2 heteroatoms. The van der Waals surface area contributed by atoms with E-state index in [1.165, 1.54) is 5.71 Å². The Hall–Kier alpha value is -0.790. The van der Waals surface area contributed by atoms with Gasteiger partial charge >= 0.3 is 0 Å². The van der Waals surface area contributed by atoms with Crippen LogP contribution in [0.25, 0.3) is 0 Å². The van der Waals surface area contributed by atoms with Gasteiger partial charge in [0.1, 0.15) is 14.1 Å². The van der Waals surface area contributed by atoms with E-state index in [1.54, 1.807) is 0 Å². The first-order chi connectivity index (χ1) is 4.68. The molecule has 0 amide bonds. The summed E-state index contributed by atoms with van der Waals surface area (Å²) in [4.78, 5) is 0. The van der Waals surface area contributed by atoms with Crippen molar-refractivity contribution in [3.63, 3.8) is 0 Å². The Morgan fingerprint density at radius 1 is 1.50 bits per heavy atom. The number of hydrogen-bond donors (Lipinski definition) is 1. The van der Waals surface area contributed by atoms with Crippen LogP contribution in [0.5, 0.6) is 0 Å². The van der Waals surface area contributed by atoms with Crippen molar-refractivity contribution in [2.24, 2.45) is 0 Å². The highest BCUT2D eigenvalue weighted by molar-refractivity contribution is 5.78. The molecule has 0 aliphatic rings. The van der Waals surface area contributed by atoms with Gasteiger partial charge in [-0.25, -0.2) is 4.58 Å². The fourth-order valence-electron chi connectivity index (χ4n) is 0.530. The van der Waals surface area contributed by atoms with Crippen LogP contribution in [0.1, 0.15) is 13.3 Å². The first-order valence-electron chi connectivity index (χ1n) is 3.50. The van der Waals surface area contributed by atoms with Crippen LogP contribution >= 0.6 is 0 Å². The lowest BCUT2D eigenvalue weighted by molar-refractivity contribution is -0.465. The molecule has 0 aliphatic heterocycles. The van der Waals surface area contributed by atoms with Gasteiger partial charge in [-0.15, -0.1) is 0 Å². The molecule has 0 heterocycles. The van der Waals surface area contributed by atoms with E-state index >= 15 is 0 Å². The molecule has 0 atom stereocenters. The third-order valence-electron chi connectivity index (χ3n) is 1.46. The standard InChI is InChI=1S/C8H17N2/c1-8(10(3)4)6-5-7-9-2/h5,7,9H,6H2,1-4H3/q+1/b7-5-. The normalized spacial score (nSPS) is 10.0. The predicted octanol–water partition coefficient (Wildman–Crippen LogP) is 0.843. The Morgan fingerprint density at radius 3 is 2.50 bits per heavy atom. The topological polar surface area (TPSA) is 15.0 Å². The van der Waals surface area contributed by atoms with Crippen molar-refractivity contribution in [1.29, 1.82) is 0 Å². The molecule has 0 unspecified atom stereocenters. The molecule has 0 aliphatic carbocycles. The molecule has 0 aromatic rings. The minimum absolute atomic E-state index is 1.02. The number of nitrogens with zero attached hydrogens (tertiary/aromatic N) is 1. The van der Waals surface area contributed by atoms with E-state index in [2.05, 4.69) is 37.0 Å². The van der Waals surface area contributed by atoms with Crippen molar-refractivity contribution < 1.29 is 4.58 Å². The van der Waals surface area contributed by atoms with Crippen molar-refractivity contribution in [3.05, 3.63) is 12.3 Å². The van der Waals surface area contributed by atoms with Crippen LogP contribution in [0.2, 0.25) is 0 Å². The molecule has 0 radical (unpaired) electrons. The smallest absolute Gasteiger partial charge is 0.152 e. The average molecular weight is 141 g/mol. The summed E-state index contributed by atoms with van der Waals surface area (Å²) in [6.07, 6.45) is 5.08. The van der Waals surface area contributed by atoms with Gasteiger partial charge in [0.2, 0.25) is 0 Å². The molecule has 0 spiro atoms. The Balaban J connectivity index is 3.70. The van der Waals surface area contributed by atoms with Crippen molar-refractivity contribution in [1.82, 2.24) is 5.32 Å². The number of rotatable bonds is 3. The van der Waals surface area contributed by atoms with Crippen LogP contribution in [0.4, 0.5) is 0 Å². The summed E-state index contributed by atoms with van der Waals surface area (Å²) in [5, 5.41) is 2.95. The maximum Gasteiger partial charge on any atom is 0.152 e. The molecule has 0 saturated carbocycles. The highest BCUT2D eigenvalue weighted by Gasteiger charge is 1.94. The maximum absolute atomic E-state index is 2.95. The first-order valence-corrected chi connectivity index (χ1v) is 3.50. The van der Waals surface area contributed by atoms with Gasteiger partial charge in [-0.3, -0.25) is 0 Å². The number of allylic oxidation sites excluding steroid dienone is 1. The molecular weight excluding hydrogens is 124 g/mol. The minimum Gasteiger partial charge on any atom is -0.394 e. The van der Waals surface area contributed by atoms with Crippen LogP contribution in [0.3, 0.4) is 0 Å². The summed E-state index contributed by atoms with van der Waals surface area (Å²) in [6.45, 7) is 2.12. The second kappa shape index (κ2) is 5.03. The second-order valence-electron chi connectivity index (χ2n) is 2.52. The summed E-state index contributed by atoms with van der Waals surface area (Å²) < 4.78 is 2.12. The van der Waals surface area contributed by atoms with Gasteiger partial charge in [-0.05, 0) is 6.20 Å². The zero-order valence-corrected chi connectivity index (χ0v) is 7.31. The highest BCUT2D eigenvalue weighted by Crippen LogP contribution is 1.84. The maximum atomic E-state index is 2.95. The van der Waals surface area contributed by atoms with E-state index in [9.17, 15) is 0 Å². The molecule has 0 saturated heterocycles. The van der Waals surface area contributed by atoms with Gasteiger partial charge in [-0.2, -0.15) is 0 Å². The van der Waals surface area contributed by atoms with Crippen molar-refractivity contribution in [2.75, 3.05) is 21.1 Å². The second-order valence-corrected chi connectivity index (χ2v) is 2.52. The third kappa shape index (κ3) is 4.13. The van der Waals surface area contributed by atoms with Crippen LogP contribution < -0.4 is 5.32 Å². The van der Waals surface area contributed by atoms with Gasteiger partial charge in [0.15, 0.2) is 5.71 Å². The van der Waals surface area contributed by atoms with Crippen molar-refractivity contribution in [3.8, 4) is 0 Å². The Labute approximate surface area is 63.3 Å². The molecule has 0 aromatic heterocycles. The lowest BCUT2D eigenvalue weighted by Gasteiger charge is -1.92. The fraction of sp³-hybridized carbons (Fsp3) is 0.625. The van der Waals surface area contributed by atoms with Crippen molar-refractivity contribution in [2.45, 2.75) is 13.3 Å². The zero-order valence-electron chi connectivity index (χ0n) is 7.31. The monoisotopic (exact) mass is 141 g/mol. The quantitative estimate of drug-likeness (QED) is 0.455. The minimum atomic E-state index is 1.02. The van der Waals surface area contributed by atoms with E-state index in [1.807, 2.05) is 13.2 Å². The van der Waals surface area contributed by atoms with Crippen LogP contribution in [-0.4, -0.2) is 31.4 Å². The summed E-state index contributed by atoms with van der Waals surface area (Å²) in [6, 6.07) is 0. The average Bonchev–Trinajstić information content (AvgIpc) is 1.88. The van der Waals surface area contributed by atoms with Crippen LogP contribution in [0, 0.1) is 0 Å². The van der Waals surface area contributed by atoms with Gasteiger partial charge in [0.05, 0.1) is 0 Å². The Morgan fingerprint density at radius 2 is 2.10 bits per heavy atom.